The Bertz CT molecular complexity index is 264. The zero-order valence-corrected chi connectivity index (χ0v) is 7.75. The Hall–Kier alpha value is -0.960. The second kappa shape index (κ2) is 3.83. The maximum atomic E-state index is 5.47. The molecular formula is C10H16N2O. The van der Waals surface area contributed by atoms with Crippen LogP contribution in [0.3, 0.4) is 0 Å². The van der Waals surface area contributed by atoms with Crippen LogP contribution < -0.4 is 11.1 Å². The number of nitrogens with one attached hydrogen (secondary N) is 1. The number of rotatable bonds is 3. The molecule has 0 atom stereocenters. The van der Waals surface area contributed by atoms with Crippen LogP contribution in [0, 0.1) is 0 Å². The Morgan fingerprint density at radius 3 is 2.77 bits per heavy atom. The van der Waals surface area contributed by atoms with Gasteiger partial charge in [0.25, 0.3) is 0 Å². The molecular weight excluding hydrogens is 164 g/mol. The molecule has 3 heteroatoms. The zero-order chi connectivity index (χ0) is 9.10. The maximum Gasteiger partial charge on any atom is 0.190 e. The second-order valence-corrected chi connectivity index (χ2v) is 3.67. The van der Waals surface area contributed by atoms with E-state index in [4.69, 9.17) is 10.2 Å². The van der Waals surface area contributed by atoms with Gasteiger partial charge in [0, 0.05) is 12.1 Å². The Labute approximate surface area is 78.3 Å². The van der Waals surface area contributed by atoms with Crippen LogP contribution in [-0.4, -0.2) is 6.04 Å². The highest BCUT2D eigenvalue weighted by molar-refractivity contribution is 5.25. The molecule has 0 bridgehead atoms. The lowest BCUT2D eigenvalue weighted by Gasteiger charge is -2.09. The van der Waals surface area contributed by atoms with Crippen molar-refractivity contribution in [1.29, 1.82) is 0 Å². The van der Waals surface area contributed by atoms with Crippen LogP contribution >= 0.6 is 0 Å². The summed E-state index contributed by atoms with van der Waals surface area (Å²) in [5.74, 6) is 1.44. The van der Waals surface area contributed by atoms with Crippen LogP contribution in [0.1, 0.15) is 31.4 Å². The SMILES string of the molecule is Nc1ccc(CNC2CCCC2)o1. The molecule has 3 nitrogen and oxygen atoms in total. The fourth-order valence-electron chi connectivity index (χ4n) is 1.86. The monoisotopic (exact) mass is 180 g/mol. The molecule has 1 saturated carbocycles. The van der Waals surface area contributed by atoms with Gasteiger partial charge in [0.2, 0.25) is 0 Å². The van der Waals surface area contributed by atoms with Crippen molar-refractivity contribution in [1.82, 2.24) is 5.32 Å². The lowest BCUT2D eigenvalue weighted by molar-refractivity contribution is 0.454. The predicted octanol–water partition coefficient (Wildman–Crippen LogP) is 1.89. The van der Waals surface area contributed by atoms with Crippen molar-refractivity contribution in [3.8, 4) is 0 Å². The average molecular weight is 180 g/mol. The van der Waals surface area contributed by atoms with E-state index in [1.54, 1.807) is 6.07 Å². The lowest BCUT2D eigenvalue weighted by atomic mass is 10.2. The first-order valence-corrected chi connectivity index (χ1v) is 4.92. The highest BCUT2D eigenvalue weighted by Crippen LogP contribution is 2.18. The van der Waals surface area contributed by atoms with Gasteiger partial charge in [-0.1, -0.05) is 12.8 Å². The molecule has 0 saturated heterocycles. The Kier molecular flexibility index (Phi) is 2.54. The Balaban J connectivity index is 1.78. The predicted molar refractivity (Wildman–Crippen MR) is 52.2 cm³/mol. The third-order valence-corrected chi connectivity index (χ3v) is 2.60. The van der Waals surface area contributed by atoms with Gasteiger partial charge < -0.3 is 15.5 Å². The van der Waals surface area contributed by atoms with Gasteiger partial charge in [0.15, 0.2) is 5.88 Å². The molecule has 0 unspecified atom stereocenters. The largest absolute Gasteiger partial charge is 0.445 e. The summed E-state index contributed by atoms with van der Waals surface area (Å²) in [5.41, 5.74) is 5.47. The third kappa shape index (κ3) is 2.25. The van der Waals surface area contributed by atoms with Crippen molar-refractivity contribution in [2.45, 2.75) is 38.3 Å². The fourth-order valence-corrected chi connectivity index (χ4v) is 1.86. The van der Waals surface area contributed by atoms with E-state index >= 15 is 0 Å². The molecule has 1 aromatic heterocycles. The fraction of sp³-hybridized carbons (Fsp3) is 0.600. The number of anilines is 1. The van der Waals surface area contributed by atoms with Crippen molar-refractivity contribution in [3.63, 3.8) is 0 Å². The van der Waals surface area contributed by atoms with Crippen LogP contribution in [-0.2, 0) is 6.54 Å². The summed E-state index contributed by atoms with van der Waals surface area (Å²) >= 11 is 0. The van der Waals surface area contributed by atoms with Gasteiger partial charge in [-0.2, -0.15) is 0 Å². The molecule has 1 heterocycles. The Morgan fingerprint density at radius 1 is 1.38 bits per heavy atom. The molecule has 1 aromatic rings. The van der Waals surface area contributed by atoms with E-state index in [-0.39, 0.29) is 0 Å². The van der Waals surface area contributed by atoms with Crippen LogP contribution in [0.4, 0.5) is 5.88 Å². The third-order valence-electron chi connectivity index (χ3n) is 2.60. The van der Waals surface area contributed by atoms with Crippen LogP contribution in [0.5, 0.6) is 0 Å². The number of nitrogen functional groups attached to an aromatic ring is 1. The van der Waals surface area contributed by atoms with Gasteiger partial charge in [0.1, 0.15) is 5.76 Å². The van der Waals surface area contributed by atoms with Gasteiger partial charge in [-0.3, -0.25) is 0 Å². The Morgan fingerprint density at radius 2 is 2.15 bits per heavy atom. The van der Waals surface area contributed by atoms with E-state index in [2.05, 4.69) is 5.32 Å². The lowest BCUT2D eigenvalue weighted by Crippen LogP contribution is -2.24. The summed E-state index contributed by atoms with van der Waals surface area (Å²) < 4.78 is 5.26. The van der Waals surface area contributed by atoms with Crippen LogP contribution in [0.2, 0.25) is 0 Å². The van der Waals surface area contributed by atoms with Gasteiger partial charge in [-0.25, -0.2) is 0 Å². The molecule has 1 fully saturated rings. The summed E-state index contributed by atoms with van der Waals surface area (Å²) in [6.45, 7) is 0.807. The summed E-state index contributed by atoms with van der Waals surface area (Å²) in [6, 6.07) is 4.41. The molecule has 1 aliphatic rings. The second-order valence-electron chi connectivity index (χ2n) is 3.67. The molecule has 3 N–H and O–H groups in total. The molecule has 0 spiro atoms. The van der Waals surface area contributed by atoms with E-state index in [1.807, 2.05) is 6.07 Å². The quantitative estimate of drug-likeness (QED) is 0.746. The summed E-state index contributed by atoms with van der Waals surface area (Å²) in [6.07, 6.45) is 5.32. The van der Waals surface area contributed by atoms with Crippen LogP contribution in [0.25, 0.3) is 0 Å². The van der Waals surface area contributed by atoms with E-state index < -0.39 is 0 Å². The molecule has 0 amide bonds. The van der Waals surface area contributed by atoms with Crippen molar-refractivity contribution >= 4 is 5.88 Å². The standard InChI is InChI=1S/C10H16N2O/c11-10-6-5-9(13-10)7-12-8-3-1-2-4-8/h5-6,8,12H,1-4,7,11H2. The van der Waals surface area contributed by atoms with Crippen molar-refractivity contribution in [3.05, 3.63) is 17.9 Å². The maximum absolute atomic E-state index is 5.47. The normalized spacial score (nSPS) is 18.2. The zero-order valence-electron chi connectivity index (χ0n) is 7.75. The van der Waals surface area contributed by atoms with Gasteiger partial charge in [0.05, 0.1) is 6.54 Å². The van der Waals surface area contributed by atoms with Crippen molar-refractivity contribution in [2.75, 3.05) is 5.73 Å². The first-order chi connectivity index (χ1) is 6.34. The molecule has 1 aliphatic carbocycles. The highest BCUT2D eigenvalue weighted by Gasteiger charge is 2.14. The minimum atomic E-state index is 0.503. The van der Waals surface area contributed by atoms with E-state index in [1.165, 1.54) is 25.7 Å². The minimum Gasteiger partial charge on any atom is -0.445 e. The molecule has 13 heavy (non-hydrogen) atoms. The smallest absolute Gasteiger partial charge is 0.190 e. The molecule has 0 aromatic carbocycles. The first-order valence-electron chi connectivity index (χ1n) is 4.92. The van der Waals surface area contributed by atoms with Crippen LogP contribution in [0.15, 0.2) is 16.5 Å². The van der Waals surface area contributed by atoms with E-state index in [9.17, 15) is 0 Å². The topological polar surface area (TPSA) is 51.2 Å². The number of nitrogens with two attached hydrogens (primary N) is 1. The molecule has 0 aliphatic heterocycles. The van der Waals surface area contributed by atoms with Crippen molar-refractivity contribution in [2.24, 2.45) is 0 Å². The highest BCUT2D eigenvalue weighted by atomic mass is 16.4. The average Bonchev–Trinajstić information content (AvgIpc) is 2.71. The van der Waals surface area contributed by atoms with E-state index in [0.717, 1.165) is 12.3 Å². The molecule has 72 valence electrons. The minimum absolute atomic E-state index is 0.503. The van der Waals surface area contributed by atoms with E-state index in [0.29, 0.717) is 11.9 Å². The summed E-state index contributed by atoms with van der Waals surface area (Å²) in [4.78, 5) is 0. The first kappa shape index (κ1) is 8.63. The number of furan rings is 1. The molecule has 0 radical (unpaired) electrons. The van der Waals surface area contributed by atoms with Gasteiger partial charge in [-0.05, 0) is 18.9 Å². The summed E-state index contributed by atoms with van der Waals surface area (Å²) in [5, 5.41) is 3.46. The molecule has 2 rings (SSSR count). The summed E-state index contributed by atoms with van der Waals surface area (Å²) in [7, 11) is 0. The van der Waals surface area contributed by atoms with Gasteiger partial charge >= 0.3 is 0 Å². The van der Waals surface area contributed by atoms with Crippen molar-refractivity contribution < 1.29 is 4.42 Å². The number of hydrogen-bond donors (Lipinski definition) is 2. The van der Waals surface area contributed by atoms with Gasteiger partial charge in [-0.15, -0.1) is 0 Å². The number of hydrogen-bond acceptors (Lipinski definition) is 3.